The Hall–Kier alpha value is -0.160. The number of aliphatic hydroxyl groups excluding tert-OH is 1. The molecule has 2 rings (SSSR count). The second kappa shape index (κ2) is 5.00. The number of hydrogen-bond donors (Lipinski definition) is 2. The largest absolute Gasteiger partial charge is 0.394 e. The molecule has 1 saturated carbocycles. The molecule has 1 heterocycles. The molecule has 16 heavy (non-hydrogen) atoms. The molecule has 4 nitrogen and oxygen atoms in total. The summed E-state index contributed by atoms with van der Waals surface area (Å²) in [6.45, 7) is 8.83. The molecule has 94 valence electrons. The first-order valence-electron chi connectivity index (χ1n) is 6.52. The highest BCUT2D eigenvalue weighted by molar-refractivity contribution is 5.00. The molecule has 0 spiro atoms. The molecule has 0 bridgehead atoms. The lowest BCUT2D eigenvalue weighted by molar-refractivity contribution is 0.0807. The van der Waals surface area contributed by atoms with E-state index in [2.05, 4.69) is 16.7 Å². The van der Waals surface area contributed by atoms with Gasteiger partial charge in [0.25, 0.3) is 0 Å². The molecule has 4 heteroatoms. The Labute approximate surface area is 98.4 Å². The Morgan fingerprint density at radius 2 is 1.75 bits per heavy atom. The van der Waals surface area contributed by atoms with Crippen molar-refractivity contribution in [3.63, 3.8) is 0 Å². The standard InChI is InChI=1S/C12H25N3O/c1-2-14-5-7-15(8-6-14)9-12(13,10-16)11-3-4-11/h11,16H,2-10,13H2,1H3. The molecule has 0 radical (unpaired) electrons. The zero-order valence-corrected chi connectivity index (χ0v) is 10.4. The number of nitrogens with zero attached hydrogens (tertiary/aromatic N) is 2. The van der Waals surface area contributed by atoms with Crippen LogP contribution in [0.1, 0.15) is 19.8 Å². The molecule has 1 saturated heterocycles. The molecule has 2 aliphatic rings. The van der Waals surface area contributed by atoms with Crippen LogP contribution in [0.25, 0.3) is 0 Å². The predicted octanol–water partition coefficient (Wildman–Crippen LogP) is -0.276. The van der Waals surface area contributed by atoms with Gasteiger partial charge in [0, 0.05) is 32.7 Å². The first-order valence-corrected chi connectivity index (χ1v) is 6.52. The molecular weight excluding hydrogens is 202 g/mol. The maximum absolute atomic E-state index is 9.46. The summed E-state index contributed by atoms with van der Waals surface area (Å²) in [6, 6.07) is 0. The van der Waals surface area contributed by atoms with E-state index < -0.39 is 0 Å². The van der Waals surface area contributed by atoms with Gasteiger partial charge in [0.15, 0.2) is 0 Å². The van der Waals surface area contributed by atoms with Gasteiger partial charge in [-0.2, -0.15) is 0 Å². The third-order valence-electron chi connectivity index (χ3n) is 4.11. The van der Waals surface area contributed by atoms with Crippen molar-refractivity contribution in [1.82, 2.24) is 9.80 Å². The lowest BCUT2D eigenvalue weighted by atomic mass is 9.94. The molecule has 1 atom stereocenters. The van der Waals surface area contributed by atoms with Gasteiger partial charge in [0.05, 0.1) is 12.1 Å². The minimum absolute atomic E-state index is 0.131. The molecule has 0 aromatic heterocycles. The van der Waals surface area contributed by atoms with E-state index in [0.29, 0.717) is 5.92 Å². The molecule has 1 aliphatic carbocycles. The third-order valence-corrected chi connectivity index (χ3v) is 4.11. The lowest BCUT2D eigenvalue weighted by Gasteiger charge is -2.39. The molecule has 2 fully saturated rings. The summed E-state index contributed by atoms with van der Waals surface area (Å²) in [4.78, 5) is 4.88. The zero-order valence-electron chi connectivity index (χ0n) is 10.4. The number of nitrogens with two attached hydrogens (primary N) is 1. The average Bonchev–Trinajstić information content (AvgIpc) is 3.14. The van der Waals surface area contributed by atoms with E-state index >= 15 is 0 Å². The van der Waals surface area contributed by atoms with Crippen molar-refractivity contribution in [2.75, 3.05) is 45.9 Å². The maximum Gasteiger partial charge on any atom is 0.0626 e. The highest BCUT2D eigenvalue weighted by atomic mass is 16.3. The van der Waals surface area contributed by atoms with Crippen molar-refractivity contribution in [3.05, 3.63) is 0 Å². The van der Waals surface area contributed by atoms with Gasteiger partial charge in [0.1, 0.15) is 0 Å². The number of aliphatic hydroxyl groups is 1. The average molecular weight is 227 g/mol. The van der Waals surface area contributed by atoms with Crippen LogP contribution in [0.15, 0.2) is 0 Å². The van der Waals surface area contributed by atoms with Crippen LogP contribution in [0.4, 0.5) is 0 Å². The van der Waals surface area contributed by atoms with E-state index in [0.717, 1.165) is 39.3 Å². The maximum atomic E-state index is 9.46. The Morgan fingerprint density at radius 1 is 1.19 bits per heavy atom. The fourth-order valence-corrected chi connectivity index (χ4v) is 2.65. The summed E-state index contributed by atoms with van der Waals surface area (Å²) < 4.78 is 0. The van der Waals surface area contributed by atoms with E-state index in [-0.39, 0.29) is 12.1 Å². The van der Waals surface area contributed by atoms with E-state index in [1.807, 2.05) is 0 Å². The minimum Gasteiger partial charge on any atom is -0.394 e. The number of rotatable bonds is 5. The van der Waals surface area contributed by atoms with Crippen LogP contribution >= 0.6 is 0 Å². The SMILES string of the molecule is CCN1CCN(CC(N)(CO)C2CC2)CC1. The molecule has 0 amide bonds. The van der Waals surface area contributed by atoms with Crippen molar-refractivity contribution in [3.8, 4) is 0 Å². The first kappa shape index (κ1) is 12.3. The second-order valence-electron chi connectivity index (χ2n) is 5.38. The Bertz CT molecular complexity index is 224. The number of likely N-dealkylation sites (N-methyl/N-ethyl adjacent to an activating group) is 1. The molecule has 0 aromatic rings. The first-order chi connectivity index (χ1) is 7.68. The Kier molecular flexibility index (Phi) is 3.85. The van der Waals surface area contributed by atoms with Crippen LogP contribution in [-0.4, -0.2) is 66.3 Å². The van der Waals surface area contributed by atoms with E-state index in [1.165, 1.54) is 12.8 Å². The van der Waals surface area contributed by atoms with Crippen LogP contribution in [-0.2, 0) is 0 Å². The molecule has 1 unspecified atom stereocenters. The van der Waals surface area contributed by atoms with E-state index in [4.69, 9.17) is 5.73 Å². The van der Waals surface area contributed by atoms with Crippen molar-refractivity contribution in [1.29, 1.82) is 0 Å². The van der Waals surface area contributed by atoms with E-state index in [1.54, 1.807) is 0 Å². The topological polar surface area (TPSA) is 52.7 Å². The van der Waals surface area contributed by atoms with Gasteiger partial charge in [0.2, 0.25) is 0 Å². The molecule has 3 N–H and O–H groups in total. The van der Waals surface area contributed by atoms with Crippen molar-refractivity contribution < 1.29 is 5.11 Å². The molecule has 1 aliphatic heterocycles. The molecular formula is C12H25N3O. The fraction of sp³-hybridized carbons (Fsp3) is 1.00. The summed E-state index contributed by atoms with van der Waals surface area (Å²) in [7, 11) is 0. The monoisotopic (exact) mass is 227 g/mol. The highest BCUT2D eigenvalue weighted by Crippen LogP contribution is 2.38. The van der Waals surface area contributed by atoms with Gasteiger partial charge in [-0.15, -0.1) is 0 Å². The zero-order chi connectivity index (χ0) is 11.6. The Balaban J connectivity index is 1.81. The minimum atomic E-state index is -0.339. The van der Waals surface area contributed by atoms with Crippen molar-refractivity contribution in [2.24, 2.45) is 11.7 Å². The van der Waals surface area contributed by atoms with Crippen molar-refractivity contribution in [2.45, 2.75) is 25.3 Å². The van der Waals surface area contributed by atoms with Gasteiger partial charge in [-0.25, -0.2) is 0 Å². The Morgan fingerprint density at radius 3 is 2.19 bits per heavy atom. The van der Waals surface area contributed by atoms with Crippen LogP contribution in [0.2, 0.25) is 0 Å². The predicted molar refractivity (Wildman–Crippen MR) is 65.3 cm³/mol. The van der Waals surface area contributed by atoms with Crippen molar-refractivity contribution >= 4 is 0 Å². The normalized spacial score (nSPS) is 27.9. The van der Waals surface area contributed by atoms with E-state index in [9.17, 15) is 5.11 Å². The van der Waals surface area contributed by atoms with Gasteiger partial charge in [-0.1, -0.05) is 6.92 Å². The summed E-state index contributed by atoms with van der Waals surface area (Å²) >= 11 is 0. The smallest absolute Gasteiger partial charge is 0.0626 e. The summed E-state index contributed by atoms with van der Waals surface area (Å²) in [5.74, 6) is 0.557. The van der Waals surface area contributed by atoms with Gasteiger partial charge >= 0.3 is 0 Å². The van der Waals surface area contributed by atoms with Crippen LogP contribution < -0.4 is 5.73 Å². The molecule has 0 aromatic carbocycles. The third kappa shape index (κ3) is 2.74. The van der Waals surface area contributed by atoms with Gasteiger partial charge in [-0.05, 0) is 25.3 Å². The lowest BCUT2D eigenvalue weighted by Crippen LogP contribution is -2.58. The quantitative estimate of drug-likeness (QED) is 0.678. The number of piperazine rings is 1. The van der Waals surface area contributed by atoms with Crippen LogP contribution in [0, 0.1) is 5.92 Å². The fourth-order valence-electron chi connectivity index (χ4n) is 2.65. The summed E-state index contributed by atoms with van der Waals surface area (Å²) in [6.07, 6.45) is 2.40. The summed E-state index contributed by atoms with van der Waals surface area (Å²) in [5.41, 5.74) is 5.96. The number of hydrogen-bond acceptors (Lipinski definition) is 4. The van der Waals surface area contributed by atoms with Gasteiger partial charge < -0.3 is 15.7 Å². The van der Waals surface area contributed by atoms with Gasteiger partial charge in [-0.3, -0.25) is 4.90 Å². The van der Waals surface area contributed by atoms with Crippen LogP contribution in [0.5, 0.6) is 0 Å². The summed E-state index contributed by atoms with van der Waals surface area (Å²) in [5, 5.41) is 9.46. The second-order valence-corrected chi connectivity index (χ2v) is 5.38. The van der Waals surface area contributed by atoms with Crippen LogP contribution in [0.3, 0.4) is 0 Å². The highest BCUT2D eigenvalue weighted by Gasteiger charge is 2.42.